The fraction of sp³-hybridized carbons (Fsp3) is 0.241. The van der Waals surface area contributed by atoms with E-state index in [4.69, 9.17) is 20.9 Å². The van der Waals surface area contributed by atoms with Crippen LogP contribution in [0.15, 0.2) is 66.7 Å². The molecule has 0 aliphatic carbocycles. The Balaban J connectivity index is 1.61. The van der Waals surface area contributed by atoms with Gasteiger partial charge in [0.1, 0.15) is 17.4 Å². The van der Waals surface area contributed by atoms with Gasteiger partial charge in [0.05, 0.1) is 36.7 Å². The minimum absolute atomic E-state index is 0.00143. The number of amides is 1. The molecule has 4 aromatic rings. The molecular formula is C29H31N5O4. The van der Waals surface area contributed by atoms with Gasteiger partial charge in [-0.2, -0.15) is 0 Å². The van der Waals surface area contributed by atoms with Gasteiger partial charge < -0.3 is 25.1 Å². The highest BCUT2D eigenvalue weighted by Crippen LogP contribution is 2.30. The first kappa shape index (κ1) is 26.4. The predicted octanol–water partition coefficient (Wildman–Crippen LogP) is 3.83. The smallest absolute Gasteiger partial charge is 0.307 e. The lowest BCUT2D eigenvalue weighted by Gasteiger charge is -2.13. The Morgan fingerprint density at radius 3 is 2.50 bits per heavy atom. The van der Waals surface area contributed by atoms with Crippen molar-refractivity contribution in [3.63, 3.8) is 0 Å². The number of carbonyl (C=O) groups excluding carboxylic acids is 2. The van der Waals surface area contributed by atoms with E-state index in [2.05, 4.69) is 22.2 Å². The highest BCUT2D eigenvalue weighted by molar-refractivity contribution is 6.01. The van der Waals surface area contributed by atoms with Crippen molar-refractivity contribution in [3.05, 3.63) is 83.4 Å². The van der Waals surface area contributed by atoms with E-state index in [0.29, 0.717) is 34.8 Å². The SMILES string of the molecule is COC(=O)CCNC(=O)c1cc2nc(-c3ccc(C(=N)N)cc3)n(C)c2cc1OCCCc1ccccc1. The van der Waals surface area contributed by atoms with Crippen molar-refractivity contribution in [1.29, 1.82) is 5.41 Å². The molecule has 196 valence electrons. The molecule has 1 aromatic heterocycles. The molecule has 0 bridgehead atoms. The fourth-order valence-electron chi connectivity index (χ4n) is 4.15. The summed E-state index contributed by atoms with van der Waals surface area (Å²) in [5.74, 6) is 0.393. The summed E-state index contributed by atoms with van der Waals surface area (Å²) in [6, 6.07) is 21.0. The number of hydrogen-bond acceptors (Lipinski definition) is 6. The topological polar surface area (TPSA) is 132 Å². The maximum Gasteiger partial charge on any atom is 0.307 e. The van der Waals surface area contributed by atoms with Crippen LogP contribution in [0.2, 0.25) is 0 Å². The first-order chi connectivity index (χ1) is 18.4. The molecular weight excluding hydrogens is 482 g/mol. The minimum Gasteiger partial charge on any atom is -0.493 e. The van der Waals surface area contributed by atoms with Crippen LogP contribution in [0.5, 0.6) is 5.75 Å². The van der Waals surface area contributed by atoms with Crippen LogP contribution >= 0.6 is 0 Å². The summed E-state index contributed by atoms with van der Waals surface area (Å²) in [6.07, 6.45) is 1.71. The molecule has 0 aliphatic heterocycles. The van der Waals surface area contributed by atoms with Crippen molar-refractivity contribution < 1.29 is 19.1 Å². The Morgan fingerprint density at radius 2 is 1.82 bits per heavy atom. The third kappa shape index (κ3) is 6.18. The van der Waals surface area contributed by atoms with Crippen molar-refractivity contribution in [3.8, 4) is 17.1 Å². The number of imidazole rings is 1. The Bertz CT molecular complexity index is 1450. The lowest BCUT2D eigenvalue weighted by Crippen LogP contribution is -2.27. The van der Waals surface area contributed by atoms with Crippen LogP contribution in [0, 0.1) is 5.41 Å². The summed E-state index contributed by atoms with van der Waals surface area (Å²) >= 11 is 0. The van der Waals surface area contributed by atoms with E-state index in [1.807, 2.05) is 48.0 Å². The summed E-state index contributed by atoms with van der Waals surface area (Å²) in [5.41, 5.74) is 10.1. The zero-order chi connectivity index (χ0) is 27.1. The maximum atomic E-state index is 13.1. The Kier molecular flexibility index (Phi) is 8.37. The number of amidine groups is 1. The van der Waals surface area contributed by atoms with Crippen LogP contribution in [-0.4, -0.2) is 47.5 Å². The Morgan fingerprint density at radius 1 is 1.08 bits per heavy atom. The summed E-state index contributed by atoms with van der Waals surface area (Å²) < 4.78 is 12.7. The van der Waals surface area contributed by atoms with E-state index >= 15 is 0 Å². The first-order valence-electron chi connectivity index (χ1n) is 12.3. The molecule has 0 aliphatic rings. The van der Waals surface area contributed by atoms with Gasteiger partial charge in [-0.25, -0.2) is 4.98 Å². The zero-order valence-electron chi connectivity index (χ0n) is 21.5. The van der Waals surface area contributed by atoms with Gasteiger partial charge in [0, 0.05) is 30.8 Å². The second kappa shape index (κ2) is 12.1. The molecule has 0 saturated heterocycles. The number of fused-ring (bicyclic) bond motifs is 1. The first-order valence-corrected chi connectivity index (χ1v) is 12.3. The lowest BCUT2D eigenvalue weighted by atomic mass is 10.1. The number of esters is 1. The number of benzene rings is 3. The molecule has 4 N–H and O–H groups in total. The van der Waals surface area contributed by atoms with Crippen molar-refractivity contribution in [2.24, 2.45) is 12.8 Å². The number of ether oxygens (including phenoxy) is 2. The van der Waals surface area contributed by atoms with Crippen LogP contribution in [0.25, 0.3) is 22.4 Å². The molecule has 9 heteroatoms. The molecule has 3 aromatic carbocycles. The average molecular weight is 514 g/mol. The molecule has 0 radical (unpaired) electrons. The molecule has 0 saturated carbocycles. The van der Waals surface area contributed by atoms with Crippen LogP contribution in [-0.2, 0) is 23.0 Å². The lowest BCUT2D eigenvalue weighted by molar-refractivity contribution is -0.140. The van der Waals surface area contributed by atoms with E-state index in [0.717, 1.165) is 23.9 Å². The highest BCUT2D eigenvalue weighted by Gasteiger charge is 2.19. The normalized spacial score (nSPS) is 10.8. The highest BCUT2D eigenvalue weighted by atomic mass is 16.5. The van der Waals surface area contributed by atoms with Gasteiger partial charge in [-0.3, -0.25) is 15.0 Å². The van der Waals surface area contributed by atoms with E-state index in [9.17, 15) is 9.59 Å². The van der Waals surface area contributed by atoms with Gasteiger partial charge in [-0.1, -0.05) is 54.6 Å². The molecule has 0 unspecified atom stereocenters. The molecule has 4 rings (SSSR count). The summed E-state index contributed by atoms with van der Waals surface area (Å²) in [4.78, 5) is 29.3. The molecule has 0 spiro atoms. The number of carbonyl (C=O) groups is 2. The van der Waals surface area contributed by atoms with Crippen molar-refractivity contribution in [2.45, 2.75) is 19.3 Å². The second-order valence-corrected chi connectivity index (χ2v) is 8.84. The third-order valence-corrected chi connectivity index (χ3v) is 6.23. The predicted molar refractivity (Wildman–Crippen MR) is 146 cm³/mol. The van der Waals surface area contributed by atoms with Crippen LogP contribution in [0.3, 0.4) is 0 Å². The van der Waals surface area contributed by atoms with E-state index in [1.54, 1.807) is 18.2 Å². The molecule has 38 heavy (non-hydrogen) atoms. The number of methoxy groups -OCH3 is 1. The standard InChI is InChI=1S/C29H31N5O4/c1-34-24-18-25(38-16-6-9-19-7-4-3-5-8-19)22(29(36)32-15-14-26(35)37-2)17-23(24)33-28(34)21-12-10-20(11-13-21)27(30)31/h3-5,7-8,10-13,17-18H,6,9,14-16H2,1-2H3,(H3,30,31)(H,32,36). The van der Waals surface area contributed by atoms with Gasteiger partial charge in [0.15, 0.2) is 0 Å². The maximum absolute atomic E-state index is 13.1. The molecule has 9 nitrogen and oxygen atoms in total. The van der Waals surface area contributed by atoms with Crippen LogP contribution in [0.4, 0.5) is 0 Å². The van der Waals surface area contributed by atoms with Gasteiger partial charge >= 0.3 is 5.97 Å². The summed E-state index contributed by atoms with van der Waals surface area (Å²) in [6.45, 7) is 0.576. The molecule has 1 amide bonds. The number of nitrogen functional groups attached to an aromatic ring is 1. The number of aryl methyl sites for hydroxylation is 2. The van der Waals surface area contributed by atoms with Crippen molar-refractivity contribution >= 4 is 28.7 Å². The van der Waals surface area contributed by atoms with E-state index in [-0.39, 0.29) is 24.7 Å². The van der Waals surface area contributed by atoms with Gasteiger partial charge in [-0.15, -0.1) is 0 Å². The van der Waals surface area contributed by atoms with E-state index < -0.39 is 5.97 Å². The van der Waals surface area contributed by atoms with Crippen molar-refractivity contribution in [1.82, 2.24) is 14.9 Å². The minimum atomic E-state index is -0.400. The molecule has 0 fully saturated rings. The summed E-state index contributed by atoms with van der Waals surface area (Å²) in [7, 11) is 3.21. The fourth-order valence-corrected chi connectivity index (χ4v) is 4.15. The number of aromatic nitrogens is 2. The number of hydrogen-bond donors (Lipinski definition) is 3. The van der Waals surface area contributed by atoms with Gasteiger partial charge in [0.2, 0.25) is 0 Å². The second-order valence-electron chi connectivity index (χ2n) is 8.84. The van der Waals surface area contributed by atoms with E-state index in [1.165, 1.54) is 12.7 Å². The molecule has 0 atom stereocenters. The monoisotopic (exact) mass is 513 g/mol. The largest absolute Gasteiger partial charge is 0.493 e. The number of nitrogens with one attached hydrogen (secondary N) is 2. The van der Waals surface area contributed by atoms with Gasteiger partial charge in [0.25, 0.3) is 5.91 Å². The number of rotatable bonds is 11. The summed E-state index contributed by atoms with van der Waals surface area (Å²) in [5, 5.41) is 10.4. The zero-order valence-corrected chi connectivity index (χ0v) is 21.5. The third-order valence-electron chi connectivity index (χ3n) is 6.23. The number of nitrogens with two attached hydrogens (primary N) is 1. The van der Waals surface area contributed by atoms with Crippen LogP contribution in [0.1, 0.15) is 34.3 Å². The van der Waals surface area contributed by atoms with Crippen molar-refractivity contribution in [2.75, 3.05) is 20.3 Å². The average Bonchev–Trinajstić information content (AvgIpc) is 3.26. The van der Waals surface area contributed by atoms with Gasteiger partial charge in [-0.05, 0) is 24.5 Å². The van der Waals surface area contributed by atoms with Crippen LogP contribution < -0.4 is 15.8 Å². The quantitative estimate of drug-likeness (QED) is 0.121. The molecule has 1 heterocycles. The Labute approximate surface area is 221 Å². The number of nitrogens with zero attached hydrogens (tertiary/aromatic N) is 2. The Hall–Kier alpha value is -4.66.